The van der Waals surface area contributed by atoms with Crippen molar-refractivity contribution in [1.29, 1.82) is 0 Å². The average Bonchev–Trinajstić information content (AvgIpc) is 2.48. The maximum atomic E-state index is 11.6. The van der Waals surface area contributed by atoms with Crippen molar-refractivity contribution in [2.75, 3.05) is 0 Å². The quantitative estimate of drug-likeness (QED) is 0.690. The highest BCUT2D eigenvalue weighted by atomic mass is 16.6. The number of carbonyl (C=O) groups is 1. The SMILES string of the molecule is CC[C@H]1CC[C@@H](C(=O)OC(C)(C)C)N1. The van der Waals surface area contributed by atoms with Crippen molar-refractivity contribution in [3.63, 3.8) is 0 Å². The number of esters is 1. The molecule has 14 heavy (non-hydrogen) atoms. The first-order valence-electron chi connectivity index (χ1n) is 5.41. The molecule has 3 nitrogen and oxygen atoms in total. The van der Waals surface area contributed by atoms with Crippen molar-refractivity contribution in [3.05, 3.63) is 0 Å². The zero-order valence-electron chi connectivity index (χ0n) is 9.59. The Morgan fingerprint density at radius 3 is 2.50 bits per heavy atom. The molecular weight excluding hydrogens is 178 g/mol. The summed E-state index contributed by atoms with van der Waals surface area (Å²) < 4.78 is 5.31. The highest BCUT2D eigenvalue weighted by molar-refractivity contribution is 5.76. The number of ether oxygens (including phenoxy) is 1. The maximum absolute atomic E-state index is 11.6. The van der Waals surface area contributed by atoms with Gasteiger partial charge in [0.05, 0.1) is 0 Å². The summed E-state index contributed by atoms with van der Waals surface area (Å²) in [4.78, 5) is 11.6. The minimum atomic E-state index is -0.372. The van der Waals surface area contributed by atoms with Gasteiger partial charge in [0.1, 0.15) is 11.6 Å². The van der Waals surface area contributed by atoms with E-state index in [-0.39, 0.29) is 17.6 Å². The Hall–Kier alpha value is -0.570. The van der Waals surface area contributed by atoms with Gasteiger partial charge in [-0.15, -0.1) is 0 Å². The van der Waals surface area contributed by atoms with Crippen LogP contribution in [0.2, 0.25) is 0 Å². The summed E-state index contributed by atoms with van der Waals surface area (Å²) in [5.74, 6) is -0.103. The van der Waals surface area contributed by atoms with Crippen LogP contribution in [-0.4, -0.2) is 23.7 Å². The number of nitrogens with one attached hydrogen (secondary N) is 1. The third-order valence-electron chi connectivity index (χ3n) is 2.42. The lowest BCUT2D eigenvalue weighted by atomic mass is 10.1. The topological polar surface area (TPSA) is 38.3 Å². The first kappa shape index (κ1) is 11.5. The van der Waals surface area contributed by atoms with E-state index in [1.165, 1.54) is 0 Å². The van der Waals surface area contributed by atoms with Crippen molar-refractivity contribution in [1.82, 2.24) is 5.32 Å². The van der Waals surface area contributed by atoms with Gasteiger partial charge in [-0.05, 0) is 40.0 Å². The summed E-state index contributed by atoms with van der Waals surface area (Å²) in [6, 6.07) is 0.409. The summed E-state index contributed by atoms with van der Waals surface area (Å²) >= 11 is 0. The van der Waals surface area contributed by atoms with Gasteiger partial charge in [-0.3, -0.25) is 4.79 Å². The second-order valence-corrected chi connectivity index (χ2v) is 4.94. The molecule has 1 aliphatic heterocycles. The van der Waals surface area contributed by atoms with Gasteiger partial charge in [0.15, 0.2) is 0 Å². The lowest BCUT2D eigenvalue weighted by molar-refractivity contribution is -0.157. The summed E-state index contributed by atoms with van der Waals surface area (Å²) in [6.07, 6.45) is 3.08. The molecule has 2 atom stereocenters. The molecule has 0 radical (unpaired) electrons. The number of rotatable bonds is 2. The molecule has 1 N–H and O–H groups in total. The van der Waals surface area contributed by atoms with Crippen molar-refractivity contribution >= 4 is 5.97 Å². The third kappa shape index (κ3) is 3.29. The molecular formula is C11H21NO2. The van der Waals surface area contributed by atoms with Gasteiger partial charge in [0.2, 0.25) is 0 Å². The molecule has 1 rings (SSSR count). The van der Waals surface area contributed by atoms with Crippen LogP contribution in [0.15, 0.2) is 0 Å². The normalized spacial score (nSPS) is 27.7. The fraction of sp³-hybridized carbons (Fsp3) is 0.909. The molecule has 0 aromatic carbocycles. The van der Waals surface area contributed by atoms with Crippen LogP contribution in [0.1, 0.15) is 47.0 Å². The van der Waals surface area contributed by atoms with Gasteiger partial charge in [-0.25, -0.2) is 0 Å². The van der Waals surface area contributed by atoms with Gasteiger partial charge < -0.3 is 10.1 Å². The van der Waals surface area contributed by atoms with Gasteiger partial charge in [-0.1, -0.05) is 6.92 Å². The van der Waals surface area contributed by atoms with E-state index >= 15 is 0 Å². The fourth-order valence-electron chi connectivity index (χ4n) is 1.70. The van der Waals surface area contributed by atoms with Crippen LogP contribution in [-0.2, 0) is 9.53 Å². The van der Waals surface area contributed by atoms with E-state index in [0.717, 1.165) is 19.3 Å². The summed E-state index contributed by atoms with van der Waals surface area (Å²) in [7, 11) is 0. The van der Waals surface area contributed by atoms with E-state index in [2.05, 4.69) is 12.2 Å². The van der Waals surface area contributed by atoms with Crippen LogP contribution in [0.5, 0.6) is 0 Å². The van der Waals surface area contributed by atoms with Gasteiger partial charge in [-0.2, -0.15) is 0 Å². The maximum Gasteiger partial charge on any atom is 0.323 e. The highest BCUT2D eigenvalue weighted by Gasteiger charge is 2.31. The van der Waals surface area contributed by atoms with E-state index in [0.29, 0.717) is 6.04 Å². The molecule has 0 bridgehead atoms. The second kappa shape index (κ2) is 4.30. The van der Waals surface area contributed by atoms with Gasteiger partial charge >= 0.3 is 5.97 Å². The average molecular weight is 199 g/mol. The van der Waals surface area contributed by atoms with Crippen molar-refractivity contribution < 1.29 is 9.53 Å². The molecule has 1 heterocycles. The zero-order valence-corrected chi connectivity index (χ0v) is 9.59. The number of hydrogen-bond acceptors (Lipinski definition) is 3. The molecule has 3 heteroatoms. The first-order valence-corrected chi connectivity index (χ1v) is 5.41. The molecule has 0 saturated carbocycles. The number of carbonyl (C=O) groups excluding carboxylic acids is 1. The van der Waals surface area contributed by atoms with Crippen molar-refractivity contribution in [3.8, 4) is 0 Å². The molecule has 1 saturated heterocycles. The highest BCUT2D eigenvalue weighted by Crippen LogP contribution is 2.18. The molecule has 0 aromatic heterocycles. The Kier molecular flexibility index (Phi) is 3.53. The van der Waals surface area contributed by atoms with Crippen LogP contribution in [0.3, 0.4) is 0 Å². The minimum Gasteiger partial charge on any atom is -0.459 e. The Morgan fingerprint density at radius 1 is 1.43 bits per heavy atom. The minimum absolute atomic E-state index is 0.0841. The summed E-state index contributed by atoms with van der Waals surface area (Å²) in [6.45, 7) is 7.83. The summed E-state index contributed by atoms with van der Waals surface area (Å²) in [5, 5.41) is 3.29. The lowest BCUT2D eigenvalue weighted by Crippen LogP contribution is -2.39. The molecule has 1 fully saturated rings. The molecule has 0 unspecified atom stereocenters. The molecule has 1 aliphatic rings. The smallest absolute Gasteiger partial charge is 0.323 e. The molecule has 0 amide bonds. The monoisotopic (exact) mass is 199 g/mol. The largest absolute Gasteiger partial charge is 0.459 e. The molecule has 0 aliphatic carbocycles. The van der Waals surface area contributed by atoms with Crippen LogP contribution in [0.25, 0.3) is 0 Å². The molecule has 0 aromatic rings. The fourth-order valence-corrected chi connectivity index (χ4v) is 1.70. The first-order chi connectivity index (χ1) is 6.42. The predicted molar refractivity (Wildman–Crippen MR) is 56.1 cm³/mol. The Labute approximate surface area is 86.2 Å². The third-order valence-corrected chi connectivity index (χ3v) is 2.42. The Bertz CT molecular complexity index is 208. The van der Waals surface area contributed by atoms with Crippen LogP contribution in [0.4, 0.5) is 0 Å². The number of hydrogen-bond donors (Lipinski definition) is 1. The van der Waals surface area contributed by atoms with Crippen LogP contribution in [0, 0.1) is 0 Å². The summed E-state index contributed by atoms with van der Waals surface area (Å²) in [5.41, 5.74) is -0.372. The van der Waals surface area contributed by atoms with Crippen LogP contribution < -0.4 is 5.32 Å². The Balaban J connectivity index is 2.40. The van der Waals surface area contributed by atoms with Crippen LogP contribution >= 0.6 is 0 Å². The zero-order chi connectivity index (χ0) is 10.8. The van der Waals surface area contributed by atoms with E-state index in [9.17, 15) is 4.79 Å². The van der Waals surface area contributed by atoms with E-state index in [4.69, 9.17) is 4.74 Å². The van der Waals surface area contributed by atoms with Crippen molar-refractivity contribution in [2.24, 2.45) is 0 Å². The van der Waals surface area contributed by atoms with Gasteiger partial charge in [0, 0.05) is 6.04 Å². The van der Waals surface area contributed by atoms with E-state index in [1.807, 2.05) is 20.8 Å². The van der Waals surface area contributed by atoms with E-state index < -0.39 is 0 Å². The lowest BCUT2D eigenvalue weighted by Gasteiger charge is -2.22. The van der Waals surface area contributed by atoms with Crippen molar-refractivity contribution in [2.45, 2.75) is 64.6 Å². The molecule has 0 spiro atoms. The van der Waals surface area contributed by atoms with E-state index in [1.54, 1.807) is 0 Å². The van der Waals surface area contributed by atoms with Gasteiger partial charge in [0.25, 0.3) is 0 Å². The Morgan fingerprint density at radius 2 is 2.07 bits per heavy atom. The standard InChI is InChI=1S/C11H21NO2/c1-5-8-6-7-9(12-8)10(13)14-11(2,3)4/h8-9,12H,5-7H2,1-4H3/t8-,9-/m0/s1. The predicted octanol–water partition coefficient (Wildman–Crippen LogP) is 1.86. The molecule has 82 valence electrons. The second-order valence-electron chi connectivity index (χ2n) is 4.94.